The first-order valence-electron chi connectivity index (χ1n) is 13.2. The molecule has 1 aliphatic heterocycles. The van der Waals surface area contributed by atoms with Crippen molar-refractivity contribution in [3.63, 3.8) is 0 Å². The number of anilines is 1. The van der Waals surface area contributed by atoms with Crippen LogP contribution >= 0.6 is 0 Å². The van der Waals surface area contributed by atoms with Gasteiger partial charge in [-0.3, -0.25) is 0 Å². The van der Waals surface area contributed by atoms with Crippen LogP contribution in [0.1, 0.15) is 69.1 Å². The second kappa shape index (κ2) is 9.91. The maximum absolute atomic E-state index is 13.1. The van der Waals surface area contributed by atoms with Gasteiger partial charge in [-0.25, -0.2) is 14.6 Å². The van der Waals surface area contributed by atoms with Gasteiger partial charge in [-0.15, -0.1) is 0 Å². The number of nitrogen functional groups attached to an aromatic ring is 1. The molecule has 3 aromatic rings. The first-order chi connectivity index (χ1) is 18.2. The van der Waals surface area contributed by atoms with Crippen molar-refractivity contribution in [1.82, 2.24) is 4.98 Å². The van der Waals surface area contributed by atoms with Crippen LogP contribution in [0.4, 0.5) is 5.82 Å². The number of hydrogen-bond acceptors (Lipinski definition) is 8. The number of esters is 1. The van der Waals surface area contributed by atoms with E-state index in [2.05, 4.69) is 4.98 Å². The van der Waals surface area contributed by atoms with Crippen LogP contribution in [0.5, 0.6) is 5.75 Å². The molecule has 1 spiro atoms. The van der Waals surface area contributed by atoms with Gasteiger partial charge in [0.15, 0.2) is 5.60 Å². The number of aliphatic hydroxyl groups is 1. The zero-order valence-corrected chi connectivity index (χ0v) is 22.1. The Hall–Kier alpha value is -3.65. The van der Waals surface area contributed by atoms with E-state index in [4.69, 9.17) is 19.6 Å². The summed E-state index contributed by atoms with van der Waals surface area (Å²) in [5.74, 6) is 0.550. The van der Waals surface area contributed by atoms with E-state index < -0.39 is 16.8 Å². The summed E-state index contributed by atoms with van der Waals surface area (Å²) in [6.45, 7) is 5.52. The molecule has 3 unspecified atom stereocenters. The summed E-state index contributed by atoms with van der Waals surface area (Å²) in [6.07, 6.45) is 7.19. The number of rotatable bonds is 6. The molecule has 1 fully saturated rings. The summed E-state index contributed by atoms with van der Waals surface area (Å²) in [5, 5.41) is 9.99. The number of aromatic nitrogens is 1. The normalized spacial score (nSPS) is 24.8. The summed E-state index contributed by atoms with van der Waals surface area (Å²) in [4.78, 5) is 29.8. The SMILES string of the molecule is CC=C(C)C(=O)OC1(C)CCCC(c2ccnc(N)c2)C12Cc1cc3cc(CCCO)c(=O)oc3cc1O2. The van der Waals surface area contributed by atoms with E-state index in [1.54, 1.807) is 25.3 Å². The predicted molar refractivity (Wildman–Crippen MR) is 144 cm³/mol. The van der Waals surface area contributed by atoms with Gasteiger partial charge in [0, 0.05) is 47.7 Å². The van der Waals surface area contributed by atoms with E-state index in [9.17, 15) is 14.7 Å². The van der Waals surface area contributed by atoms with E-state index in [1.807, 2.05) is 38.1 Å². The number of nitrogens with two attached hydrogens (primary N) is 1. The highest BCUT2D eigenvalue weighted by Crippen LogP contribution is 2.56. The van der Waals surface area contributed by atoms with Gasteiger partial charge in [0.1, 0.15) is 22.8 Å². The molecule has 0 amide bonds. The van der Waals surface area contributed by atoms with Gasteiger partial charge in [-0.2, -0.15) is 0 Å². The lowest BCUT2D eigenvalue weighted by Crippen LogP contribution is -2.63. The number of ether oxygens (including phenoxy) is 2. The second-order valence-corrected chi connectivity index (χ2v) is 10.6. The van der Waals surface area contributed by atoms with Gasteiger partial charge in [0.2, 0.25) is 0 Å². The van der Waals surface area contributed by atoms with Crippen LogP contribution < -0.4 is 16.1 Å². The van der Waals surface area contributed by atoms with E-state index in [0.717, 1.165) is 29.4 Å². The molecule has 2 aromatic heterocycles. The van der Waals surface area contributed by atoms with Crippen molar-refractivity contribution in [3.8, 4) is 5.75 Å². The number of benzene rings is 1. The third-order valence-electron chi connectivity index (χ3n) is 8.22. The van der Waals surface area contributed by atoms with Crippen molar-refractivity contribution >= 4 is 22.8 Å². The molecule has 8 nitrogen and oxygen atoms in total. The molecule has 0 saturated heterocycles. The van der Waals surface area contributed by atoms with Gasteiger partial charge >= 0.3 is 11.6 Å². The lowest BCUT2D eigenvalue weighted by molar-refractivity contribution is -0.193. The van der Waals surface area contributed by atoms with Crippen molar-refractivity contribution in [2.75, 3.05) is 12.3 Å². The molecular weight excluding hydrogens is 484 g/mol. The first kappa shape index (κ1) is 26.0. The summed E-state index contributed by atoms with van der Waals surface area (Å²) in [6, 6.07) is 9.41. The highest BCUT2D eigenvalue weighted by atomic mass is 16.6. The van der Waals surface area contributed by atoms with Crippen LogP contribution in [0.2, 0.25) is 0 Å². The Balaban J connectivity index is 1.63. The average molecular weight is 519 g/mol. The fourth-order valence-electron chi connectivity index (χ4n) is 6.04. The summed E-state index contributed by atoms with van der Waals surface area (Å²) in [5.41, 5.74) is 7.26. The van der Waals surface area contributed by atoms with Crippen LogP contribution in [-0.2, 0) is 22.4 Å². The maximum atomic E-state index is 13.1. The number of carbonyl (C=O) groups excluding carboxylic acids is 1. The highest BCUT2D eigenvalue weighted by Gasteiger charge is 2.62. The fraction of sp³-hybridized carbons (Fsp3) is 0.433. The minimum Gasteiger partial charge on any atom is -0.482 e. The quantitative estimate of drug-likeness (QED) is 0.275. The van der Waals surface area contributed by atoms with Crippen LogP contribution in [0.25, 0.3) is 11.0 Å². The number of pyridine rings is 1. The van der Waals surface area contributed by atoms with Crippen molar-refractivity contribution in [3.05, 3.63) is 75.3 Å². The zero-order valence-electron chi connectivity index (χ0n) is 22.1. The van der Waals surface area contributed by atoms with Gasteiger partial charge in [0.05, 0.1) is 0 Å². The molecule has 1 saturated carbocycles. The van der Waals surface area contributed by atoms with Crippen molar-refractivity contribution in [2.45, 2.75) is 76.4 Å². The Morgan fingerprint density at radius 2 is 2.13 bits per heavy atom. The number of hydrogen-bond donors (Lipinski definition) is 2. The third-order valence-corrected chi connectivity index (χ3v) is 8.22. The van der Waals surface area contributed by atoms with Crippen LogP contribution in [0.15, 0.2) is 57.4 Å². The van der Waals surface area contributed by atoms with Crippen molar-refractivity contribution in [1.29, 1.82) is 0 Å². The highest BCUT2D eigenvalue weighted by molar-refractivity contribution is 5.88. The van der Waals surface area contributed by atoms with Gasteiger partial charge < -0.3 is 24.7 Å². The first-order valence-corrected chi connectivity index (χ1v) is 13.2. The lowest BCUT2D eigenvalue weighted by Gasteiger charge is -2.52. The minimum absolute atomic E-state index is 0.00291. The van der Waals surface area contributed by atoms with Crippen molar-refractivity contribution < 1.29 is 23.8 Å². The van der Waals surface area contributed by atoms with E-state index >= 15 is 0 Å². The second-order valence-electron chi connectivity index (χ2n) is 10.6. The molecule has 200 valence electrons. The van der Waals surface area contributed by atoms with Crippen molar-refractivity contribution in [2.24, 2.45) is 0 Å². The maximum Gasteiger partial charge on any atom is 0.339 e. The molecule has 8 heteroatoms. The summed E-state index contributed by atoms with van der Waals surface area (Å²) in [7, 11) is 0. The Bertz CT molecular complexity index is 1480. The Kier molecular flexibility index (Phi) is 6.77. The monoisotopic (exact) mass is 518 g/mol. The molecule has 3 atom stereocenters. The molecule has 0 bridgehead atoms. The summed E-state index contributed by atoms with van der Waals surface area (Å²) < 4.78 is 18.8. The van der Waals surface area contributed by atoms with Crippen LogP contribution in [0.3, 0.4) is 0 Å². The number of carbonyl (C=O) groups is 1. The molecule has 3 heterocycles. The average Bonchev–Trinajstić information content (AvgIpc) is 3.26. The van der Waals surface area contributed by atoms with Crippen LogP contribution in [-0.4, -0.2) is 33.9 Å². The smallest absolute Gasteiger partial charge is 0.339 e. The summed E-state index contributed by atoms with van der Waals surface area (Å²) >= 11 is 0. The lowest BCUT2D eigenvalue weighted by atomic mass is 9.62. The fourth-order valence-corrected chi connectivity index (χ4v) is 6.04. The molecule has 0 radical (unpaired) electrons. The van der Waals surface area contributed by atoms with Gasteiger partial charge in [-0.1, -0.05) is 6.08 Å². The molecule has 1 aromatic carbocycles. The molecule has 38 heavy (non-hydrogen) atoms. The number of fused-ring (bicyclic) bond motifs is 2. The molecule has 1 aliphatic carbocycles. The van der Waals surface area contributed by atoms with E-state index in [0.29, 0.717) is 54.0 Å². The standard InChI is InChI=1S/C30H34N2O6/c1-4-18(2)27(34)38-29(3)10-5-8-23(19-9-11-32-26(31)15-19)30(29)17-22-14-21-13-20(7-6-12-33)28(35)36-24(21)16-25(22)37-30/h4,9,11,13-16,23,33H,5-8,10,12,17H2,1-3H3,(H2,31,32). The van der Waals surface area contributed by atoms with E-state index in [1.165, 1.54) is 0 Å². The number of aryl methyl sites for hydroxylation is 1. The van der Waals surface area contributed by atoms with Gasteiger partial charge in [-0.05, 0) is 88.3 Å². The Labute approximate surface area is 221 Å². The topological polar surface area (TPSA) is 125 Å². The molecule has 3 N–H and O–H groups in total. The molecule has 5 rings (SSSR count). The third kappa shape index (κ3) is 4.36. The zero-order chi connectivity index (χ0) is 27.1. The number of allylic oxidation sites excluding steroid dienone is 1. The predicted octanol–water partition coefficient (Wildman–Crippen LogP) is 4.60. The van der Waals surface area contributed by atoms with Crippen LogP contribution in [0, 0.1) is 0 Å². The number of nitrogens with zero attached hydrogens (tertiary/aromatic N) is 1. The largest absolute Gasteiger partial charge is 0.482 e. The minimum atomic E-state index is -0.937. The Morgan fingerprint density at radius 3 is 2.87 bits per heavy atom. The number of aliphatic hydroxyl groups excluding tert-OH is 1. The van der Waals surface area contributed by atoms with Gasteiger partial charge in [0.25, 0.3) is 0 Å². The van der Waals surface area contributed by atoms with E-state index in [-0.39, 0.29) is 18.5 Å². The molecule has 2 aliphatic rings. The Morgan fingerprint density at radius 1 is 1.32 bits per heavy atom. The molecular formula is C30H34N2O6.